The Morgan fingerprint density at radius 2 is 1.78 bits per heavy atom. The molecule has 0 spiro atoms. The Morgan fingerprint density at radius 3 is 2.39 bits per heavy atom. The maximum atomic E-state index is 12.3. The molecule has 4 heteroatoms. The number of carbonyl (C=O) groups excluding carboxylic acids is 2. The summed E-state index contributed by atoms with van der Waals surface area (Å²) in [6.45, 7) is 4.39. The molecular weight excluding hydrogens is 292 g/mol. The molecule has 0 aliphatic rings. The molecular formula is C19H26O4. The van der Waals surface area contributed by atoms with Crippen molar-refractivity contribution in [2.24, 2.45) is 5.92 Å². The number of methoxy groups -OCH3 is 1. The number of ether oxygens (including phenoxy) is 2. The van der Waals surface area contributed by atoms with E-state index < -0.39 is 0 Å². The molecule has 1 atom stereocenters. The van der Waals surface area contributed by atoms with Crippen LogP contribution >= 0.6 is 0 Å². The highest BCUT2D eigenvalue weighted by molar-refractivity contribution is 5.94. The van der Waals surface area contributed by atoms with Gasteiger partial charge in [0.1, 0.15) is 5.78 Å². The van der Waals surface area contributed by atoms with Gasteiger partial charge in [-0.15, -0.1) is 0 Å². The van der Waals surface area contributed by atoms with Crippen LogP contribution in [0.15, 0.2) is 35.9 Å². The Kier molecular flexibility index (Phi) is 8.91. The standard InChI is InChI=1S/C19H26O4/c1-15(16(2)20)13-18(14-17-9-5-4-6-10-17)19(21)23-12-8-7-11-22-3/h4-6,9-10,14-15H,7-8,11-13H2,1-3H3/b18-14+. The summed E-state index contributed by atoms with van der Waals surface area (Å²) in [6, 6.07) is 9.58. The molecule has 4 nitrogen and oxygen atoms in total. The second-order valence-corrected chi connectivity index (χ2v) is 5.63. The Balaban J connectivity index is 2.72. The van der Waals surface area contributed by atoms with E-state index in [0.29, 0.717) is 25.2 Å². The third kappa shape index (κ3) is 7.75. The smallest absolute Gasteiger partial charge is 0.334 e. The lowest BCUT2D eigenvalue weighted by molar-refractivity contribution is -0.139. The highest BCUT2D eigenvalue weighted by Gasteiger charge is 2.17. The third-order valence-electron chi connectivity index (χ3n) is 3.60. The van der Waals surface area contributed by atoms with Crippen LogP contribution in [0.3, 0.4) is 0 Å². The number of benzene rings is 1. The van der Waals surface area contributed by atoms with Gasteiger partial charge in [-0.3, -0.25) is 4.79 Å². The highest BCUT2D eigenvalue weighted by atomic mass is 16.5. The molecule has 0 heterocycles. The van der Waals surface area contributed by atoms with E-state index in [1.807, 2.05) is 37.3 Å². The number of carbonyl (C=O) groups is 2. The van der Waals surface area contributed by atoms with Gasteiger partial charge in [0.05, 0.1) is 6.61 Å². The second kappa shape index (κ2) is 10.7. The lowest BCUT2D eigenvalue weighted by atomic mass is 9.96. The van der Waals surface area contributed by atoms with Crippen molar-refractivity contribution in [3.63, 3.8) is 0 Å². The molecule has 0 aromatic heterocycles. The lowest BCUT2D eigenvalue weighted by Gasteiger charge is -2.12. The Morgan fingerprint density at radius 1 is 1.13 bits per heavy atom. The normalized spacial score (nSPS) is 12.7. The third-order valence-corrected chi connectivity index (χ3v) is 3.60. The minimum absolute atomic E-state index is 0.0665. The van der Waals surface area contributed by atoms with E-state index in [4.69, 9.17) is 9.47 Å². The minimum atomic E-state index is -0.348. The van der Waals surface area contributed by atoms with Crippen molar-refractivity contribution in [3.05, 3.63) is 41.5 Å². The summed E-state index contributed by atoms with van der Waals surface area (Å²) < 4.78 is 10.3. The van der Waals surface area contributed by atoms with Crippen molar-refractivity contribution in [1.29, 1.82) is 0 Å². The van der Waals surface area contributed by atoms with Crippen LogP contribution in [0, 0.1) is 5.92 Å². The highest BCUT2D eigenvalue weighted by Crippen LogP contribution is 2.18. The number of unbranched alkanes of at least 4 members (excludes halogenated alkanes) is 1. The van der Waals surface area contributed by atoms with Gasteiger partial charge in [0, 0.05) is 25.2 Å². The van der Waals surface area contributed by atoms with Crippen LogP contribution in [0.5, 0.6) is 0 Å². The molecule has 0 aliphatic heterocycles. The van der Waals surface area contributed by atoms with Gasteiger partial charge in [0.15, 0.2) is 0 Å². The van der Waals surface area contributed by atoms with Crippen molar-refractivity contribution in [2.45, 2.75) is 33.1 Å². The zero-order valence-electron chi connectivity index (χ0n) is 14.2. The van der Waals surface area contributed by atoms with E-state index in [0.717, 1.165) is 18.4 Å². The first-order valence-corrected chi connectivity index (χ1v) is 7.96. The van der Waals surface area contributed by atoms with Crippen LogP contribution in [0.2, 0.25) is 0 Å². The molecule has 0 bridgehead atoms. The zero-order chi connectivity index (χ0) is 17.1. The quantitative estimate of drug-likeness (QED) is 0.375. The lowest BCUT2D eigenvalue weighted by Crippen LogP contribution is -2.15. The van der Waals surface area contributed by atoms with Gasteiger partial charge in [-0.1, -0.05) is 37.3 Å². The molecule has 1 aromatic rings. The molecule has 0 radical (unpaired) electrons. The molecule has 0 aliphatic carbocycles. The first-order valence-electron chi connectivity index (χ1n) is 7.96. The Bertz CT molecular complexity index is 519. The largest absolute Gasteiger partial charge is 0.462 e. The van der Waals surface area contributed by atoms with Crippen LogP contribution in [-0.4, -0.2) is 32.1 Å². The van der Waals surface area contributed by atoms with Crippen molar-refractivity contribution < 1.29 is 19.1 Å². The van der Waals surface area contributed by atoms with E-state index in [-0.39, 0.29) is 17.7 Å². The number of hydrogen-bond acceptors (Lipinski definition) is 4. The summed E-state index contributed by atoms with van der Waals surface area (Å²) in [5.74, 6) is -0.484. The van der Waals surface area contributed by atoms with Crippen LogP contribution in [0.4, 0.5) is 0 Å². The van der Waals surface area contributed by atoms with E-state index in [2.05, 4.69) is 0 Å². The molecule has 1 unspecified atom stereocenters. The number of esters is 1. The second-order valence-electron chi connectivity index (χ2n) is 5.63. The summed E-state index contributed by atoms with van der Waals surface area (Å²) in [6.07, 6.45) is 3.81. The average Bonchev–Trinajstić information content (AvgIpc) is 2.54. The monoisotopic (exact) mass is 318 g/mol. The van der Waals surface area contributed by atoms with E-state index >= 15 is 0 Å². The Hall–Kier alpha value is -1.94. The van der Waals surface area contributed by atoms with Gasteiger partial charge in [0.25, 0.3) is 0 Å². The van der Waals surface area contributed by atoms with Crippen molar-refractivity contribution in [2.75, 3.05) is 20.3 Å². The average molecular weight is 318 g/mol. The van der Waals surface area contributed by atoms with E-state index in [1.165, 1.54) is 0 Å². The molecule has 0 N–H and O–H groups in total. The molecule has 126 valence electrons. The number of Topliss-reactive ketones (excluding diaryl/α,β-unsaturated/α-hetero) is 1. The zero-order valence-corrected chi connectivity index (χ0v) is 14.2. The maximum Gasteiger partial charge on any atom is 0.334 e. The number of hydrogen-bond donors (Lipinski definition) is 0. The van der Waals surface area contributed by atoms with Crippen LogP contribution in [-0.2, 0) is 19.1 Å². The molecule has 23 heavy (non-hydrogen) atoms. The van der Waals surface area contributed by atoms with E-state index in [9.17, 15) is 9.59 Å². The fraction of sp³-hybridized carbons (Fsp3) is 0.474. The predicted molar refractivity (Wildman–Crippen MR) is 91.0 cm³/mol. The van der Waals surface area contributed by atoms with Gasteiger partial charge >= 0.3 is 5.97 Å². The van der Waals surface area contributed by atoms with E-state index in [1.54, 1.807) is 20.1 Å². The summed E-state index contributed by atoms with van der Waals surface area (Å²) >= 11 is 0. The van der Waals surface area contributed by atoms with Gasteiger partial charge in [-0.25, -0.2) is 4.79 Å². The predicted octanol–water partition coefficient (Wildman–Crippen LogP) is 3.66. The minimum Gasteiger partial charge on any atom is -0.462 e. The first-order chi connectivity index (χ1) is 11.0. The fourth-order valence-electron chi connectivity index (χ4n) is 2.03. The topological polar surface area (TPSA) is 52.6 Å². The molecule has 0 saturated carbocycles. The number of rotatable bonds is 10. The summed E-state index contributed by atoms with van der Waals surface area (Å²) in [7, 11) is 1.65. The Labute approximate surface area is 138 Å². The molecule has 0 saturated heterocycles. The molecule has 1 rings (SSSR count). The molecule has 0 fully saturated rings. The van der Waals surface area contributed by atoms with Crippen molar-refractivity contribution in [1.82, 2.24) is 0 Å². The maximum absolute atomic E-state index is 12.3. The van der Waals surface area contributed by atoms with Crippen molar-refractivity contribution >= 4 is 17.8 Å². The van der Waals surface area contributed by atoms with Crippen molar-refractivity contribution in [3.8, 4) is 0 Å². The van der Waals surface area contributed by atoms with Crippen LogP contribution < -0.4 is 0 Å². The van der Waals surface area contributed by atoms with Gasteiger partial charge < -0.3 is 9.47 Å². The van der Waals surface area contributed by atoms with Crippen LogP contribution in [0.25, 0.3) is 6.08 Å². The van der Waals surface area contributed by atoms with Crippen LogP contribution in [0.1, 0.15) is 38.7 Å². The summed E-state index contributed by atoms with van der Waals surface area (Å²) in [5, 5.41) is 0. The number of ketones is 1. The van der Waals surface area contributed by atoms with Gasteiger partial charge in [-0.05, 0) is 37.8 Å². The first kappa shape index (κ1) is 19.1. The summed E-state index contributed by atoms with van der Waals surface area (Å²) in [4.78, 5) is 23.8. The molecule has 1 aromatic carbocycles. The fourth-order valence-corrected chi connectivity index (χ4v) is 2.03. The summed E-state index contributed by atoms with van der Waals surface area (Å²) in [5.41, 5.74) is 1.46. The van der Waals surface area contributed by atoms with Gasteiger partial charge in [-0.2, -0.15) is 0 Å². The SMILES string of the molecule is COCCCCOC(=O)/C(=C/c1ccccc1)CC(C)C(C)=O. The molecule has 0 amide bonds. The van der Waals surface area contributed by atoms with Gasteiger partial charge in [0.2, 0.25) is 0 Å².